The average molecular weight is 311 g/mol. The quantitative estimate of drug-likeness (QED) is 0.837. The van der Waals surface area contributed by atoms with E-state index in [-0.39, 0.29) is 12.4 Å². The molecule has 2 nitrogen and oxygen atoms in total. The molecule has 1 aromatic rings. The summed E-state index contributed by atoms with van der Waals surface area (Å²) in [5.74, 6) is -1.05. The molecule has 1 atom stereocenters. The maximum Gasteiger partial charge on any atom is 0.165 e. The van der Waals surface area contributed by atoms with E-state index in [2.05, 4.69) is 22.5 Å². The van der Waals surface area contributed by atoms with Crippen LogP contribution in [0.1, 0.15) is 24.9 Å². The second kappa shape index (κ2) is 6.23. The van der Waals surface area contributed by atoms with Crippen LogP contribution in [0.3, 0.4) is 0 Å². The molecule has 0 unspecified atom stereocenters. The minimum absolute atomic E-state index is 0. The molecule has 0 heterocycles. The molecule has 0 aliphatic carbocycles. The standard InChI is InChI=1S/C11H13BrFNO.ClH/c1-6(2)5-9(14)10-7(12)3-4-8(13)11(10)15;/h3-4,9,15H,1,5,14H2,2H3;1H/t9-;/m0./s1. The van der Waals surface area contributed by atoms with E-state index in [1.807, 2.05) is 6.92 Å². The Hall–Kier alpha value is -0.580. The molecule has 0 aromatic heterocycles. The molecule has 16 heavy (non-hydrogen) atoms. The van der Waals surface area contributed by atoms with E-state index in [9.17, 15) is 9.50 Å². The summed E-state index contributed by atoms with van der Waals surface area (Å²) in [7, 11) is 0. The van der Waals surface area contributed by atoms with Gasteiger partial charge in [-0.3, -0.25) is 0 Å². The Morgan fingerprint density at radius 3 is 2.69 bits per heavy atom. The van der Waals surface area contributed by atoms with Gasteiger partial charge in [-0.15, -0.1) is 19.0 Å². The van der Waals surface area contributed by atoms with Crippen molar-refractivity contribution in [2.45, 2.75) is 19.4 Å². The van der Waals surface area contributed by atoms with Gasteiger partial charge >= 0.3 is 0 Å². The van der Waals surface area contributed by atoms with E-state index in [0.29, 0.717) is 16.5 Å². The Balaban J connectivity index is 0.00000225. The van der Waals surface area contributed by atoms with E-state index in [1.54, 1.807) is 0 Å². The molecule has 1 rings (SSSR count). The normalized spacial score (nSPS) is 11.8. The third-order valence-electron chi connectivity index (χ3n) is 2.05. The van der Waals surface area contributed by atoms with Crippen LogP contribution in [0.2, 0.25) is 0 Å². The summed E-state index contributed by atoms with van der Waals surface area (Å²) in [6.07, 6.45) is 0.510. The predicted octanol–water partition coefficient (Wildman–Crippen LogP) is 3.68. The lowest BCUT2D eigenvalue weighted by molar-refractivity contribution is 0.419. The first kappa shape index (κ1) is 15.4. The topological polar surface area (TPSA) is 46.2 Å². The first-order valence-corrected chi connectivity index (χ1v) is 5.29. The van der Waals surface area contributed by atoms with Crippen molar-refractivity contribution in [1.29, 1.82) is 0 Å². The molecule has 0 bridgehead atoms. The lowest BCUT2D eigenvalue weighted by Gasteiger charge is -2.15. The first-order chi connectivity index (χ1) is 6.93. The van der Waals surface area contributed by atoms with Crippen molar-refractivity contribution in [2.24, 2.45) is 5.73 Å². The summed E-state index contributed by atoms with van der Waals surface area (Å²) in [5.41, 5.74) is 7.12. The number of phenolic OH excluding ortho intramolecular Hbond substituents is 1. The highest BCUT2D eigenvalue weighted by molar-refractivity contribution is 9.10. The Labute approximate surface area is 109 Å². The van der Waals surface area contributed by atoms with E-state index < -0.39 is 17.6 Å². The molecule has 0 saturated carbocycles. The Bertz CT molecular complexity index is 398. The fourth-order valence-electron chi connectivity index (χ4n) is 1.39. The first-order valence-electron chi connectivity index (χ1n) is 4.50. The zero-order valence-electron chi connectivity index (χ0n) is 8.84. The van der Waals surface area contributed by atoms with Crippen LogP contribution in [0.5, 0.6) is 5.75 Å². The zero-order chi connectivity index (χ0) is 11.6. The van der Waals surface area contributed by atoms with E-state index in [1.165, 1.54) is 12.1 Å². The highest BCUT2D eigenvalue weighted by Gasteiger charge is 2.17. The van der Waals surface area contributed by atoms with Crippen LogP contribution >= 0.6 is 28.3 Å². The van der Waals surface area contributed by atoms with Gasteiger partial charge in [0.15, 0.2) is 11.6 Å². The summed E-state index contributed by atoms with van der Waals surface area (Å²) < 4.78 is 13.7. The molecule has 0 aliphatic heterocycles. The number of rotatable bonds is 3. The van der Waals surface area contributed by atoms with Crippen LogP contribution in [0.25, 0.3) is 0 Å². The number of halogens is 3. The molecule has 0 spiro atoms. The van der Waals surface area contributed by atoms with Crippen LogP contribution < -0.4 is 5.73 Å². The van der Waals surface area contributed by atoms with Gasteiger partial charge < -0.3 is 10.8 Å². The van der Waals surface area contributed by atoms with Crippen LogP contribution in [-0.2, 0) is 0 Å². The largest absolute Gasteiger partial charge is 0.505 e. The molecule has 3 N–H and O–H groups in total. The van der Waals surface area contributed by atoms with Crippen LogP contribution in [-0.4, -0.2) is 5.11 Å². The molecule has 0 saturated heterocycles. The highest BCUT2D eigenvalue weighted by atomic mass is 79.9. The second-order valence-corrected chi connectivity index (χ2v) is 4.41. The summed E-state index contributed by atoms with van der Waals surface area (Å²) in [5, 5.41) is 9.55. The van der Waals surface area contributed by atoms with Crippen molar-refractivity contribution in [3.8, 4) is 5.75 Å². The monoisotopic (exact) mass is 309 g/mol. The minimum Gasteiger partial charge on any atom is -0.505 e. The van der Waals surface area contributed by atoms with Gasteiger partial charge in [0.05, 0.1) is 0 Å². The van der Waals surface area contributed by atoms with Crippen molar-refractivity contribution in [2.75, 3.05) is 0 Å². The fraction of sp³-hybridized carbons (Fsp3) is 0.273. The fourth-order valence-corrected chi connectivity index (χ4v) is 2.00. The molecule has 0 radical (unpaired) electrons. The Kier molecular flexibility index (Phi) is 6.00. The van der Waals surface area contributed by atoms with Gasteiger partial charge in [0.2, 0.25) is 0 Å². The maximum atomic E-state index is 13.1. The van der Waals surface area contributed by atoms with Crippen molar-refractivity contribution >= 4 is 28.3 Å². The van der Waals surface area contributed by atoms with Gasteiger partial charge in [-0.05, 0) is 25.5 Å². The molecular formula is C11H14BrClFNO. The summed E-state index contributed by atoms with van der Waals surface area (Å²) >= 11 is 3.24. The summed E-state index contributed by atoms with van der Waals surface area (Å²) in [6.45, 7) is 5.57. The average Bonchev–Trinajstić information content (AvgIpc) is 2.11. The number of phenols is 1. The van der Waals surface area contributed by atoms with Gasteiger partial charge in [0, 0.05) is 16.1 Å². The van der Waals surface area contributed by atoms with E-state index in [0.717, 1.165) is 5.57 Å². The smallest absolute Gasteiger partial charge is 0.165 e. The van der Waals surface area contributed by atoms with Crippen molar-refractivity contribution in [3.05, 3.63) is 40.1 Å². The molecule has 90 valence electrons. The Morgan fingerprint density at radius 2 is 2.19 bits per heavy atom. The lowest BCUT2D eigenvalue weighted by Crippen LogP contribution is -2.12. The van der Waals surface area contributed by atoms with Crippen LogP contribution in [0, 0.1) is 5.82 Å². The third kappa shape index (κ3) is 3.47. The van der Waals surface area contributed by atoms with Crippen molar-refractivity contribution < 1.29 is 9.50 Å². The van der Waals surface area contributed by atoms with Gasteiger partial charge in [0.1, 0.15) is 0 Å². The predicted molar refractivity (Wildman–Crippen MR) is 69.4 cm³/mol. The van der Waals surface area contributed by atoms with Crippen LogP contribution in [0.4, 0.5) is 4.39 Å². The van der Waals surface area contributed by atoms with E-state index >= 15 is 0 Å². The summed E-state index contributed by atoms with van der Waals surface area (Å²) in [6, 6.07) is 2.27. The van der Waals surface area contributed by atoms with Crippen molar-refractivity contribution in [3.63, 3.8) is 0 Å². The Morgan fingerprint density at radius 1 is 1.62 bits per heavy atom. The molecule has 0 fully saturated rings. The van der Waals surface area contributed by atoms with E-state index in [4.69, 9.17) is 5.73 Å². The number of nitrogens with two attached hydrogens (primary N) is 1. The SMILES string of the molecule is C=C(C)C[C@H](N)c1c(Br)ccc(F)c1O.Cl. The number of benzene rings is 1. The van der Waals surface area contributed by atoms with Gasteiger partial charge in [-0.2, -0.15) is 0 Å². The lowest BCUT2D eigenvalue weighted by atomic mass is 10.0. The van der Waals surface area contributed by atoms with Gasteiger partial charge in [-0.1, -0.05) is 21.5 Å². The van der Waals surface area contributed by atoms with Gasteiger partial charge in [-0.25, -0.2) is 4.39 Å². The minimum atomic E-state index is -0.662. The molecular weight excluding hydrogens is 296 g/mol. The maximum absolute atomic E-state index is 13.1. The van der Waals surface area contributed by atoms with Crippen LogP contribution in [0.15, 0.2) is 28.8 Å². The number of hydrogen-bond donors (Lipinski definition) is 2. The number of hydrogen-bond acceptors (Lipinski definition) is 2. The van der Waals surface area contributed by atoms with Gasteiger partial charge in [0.25, 0.3) is 0 Å². The highest BCUT2D eigenvalue weighted by Crippen LogP contribution is 2.34. The molecule has 0 aliphatic rings. The zero-order valence-corrected chi connectivity index (χ0v) is 11.2. The third-order valence-corrected chi connectivity index (χ3v) is 2.75. The van der Waals surface area contributed by atoms with Crippen molar-refractivity contribution in [1.82, 2.24) is 0 Å². The molecule has 1 aromatic carbocycles. The summed E-state index contributed by atoms with van der Waals surface area (Å²) in [4.78, 5) is 0. The number of aromatic hydroxyl groups is 1. The second-order valence-electron chi connectivity index (χ2n) is 3.56. The molecule has 0 amide bonds. The molecule has 5 heteroatoms.